The molecule has 2 aromatic rings. The van der Waals surface area contributed by atoms with Crippen molar-refractivity contribution in [3.05, 3.63) is 57.8 Å². The lowest BCUT2D eigenvalue weighted by Gasteiger charge is -2.36. The summed E-state index contributed by atoms with van der Waals surface area (Å²) in [5.74, 6) is -1.39. The zero-order valence-electron chi connectivity index (χ0n) is 12.2. The van der Waals surface area contributed by atoms with Crippen LogP contribution in [-0.4, -0.2) is 27.9 Å². The summed E-state index contributed by atoms with van der Waals surface area (Å²) < 4.78 is 0. The number of benzene rings is 1. The third kappa shape index (κ3) is 2.64. The fraction of sp³-hybridized carbons (Fsp3) is 0.294. The number of amides is 1. The standard InChI is InChI=1S/C17H17NO3S/c1-11(14-6-7-22-10-14)16(19)18-9-13-5-3-2-4-12(13)8-15(18)17(20)21/h2-7,10-11,15H,8-9H2,1H3,(H,20,21). The summed E-state index contributed by atoms with van der Waals surface area (Å²) in [7, 11) is 0. The largest absolute Gasteiger partial charge is 0.480 e. The van der Waals surface area contributed by atoms with Gasteiger partial charge in [-0.25, -0.2) is 4.79 Å². The number of rotatable bonds is 3. The molecule has 3 rings (SSSR count). The van der Waals surface area contributed by atoms with E-state index in [1.165, 1.54) is 4.90 Å². The minimum Gasteiger partial charge on any atom is -0.480 e. The van der Waals surface area contributed by atoms with Gasteiger partial charge in [0.25, 0.3) is 0 Å². The summed E-state index contributed by atoms with van der Waals surface area (Å²) in [4.78, 5) is 25.9. The van der Waals surface area contributed by atoms with Crippen LogP contribution in [0.5, 0.6) is 0 Å². The van der Waals surface area contributed by atoms with E-state index < -0.39 is 12.0 Å². The van der Waals surface area contributed by atoms with E-state index >= 15 is 0 Å². The van der Waals surface area contributed by atoms with Gasteiger partial charge in [0, 0.05) is 13.0 Å². The molecule has 2 atom stereocenters. The lowest BCUT2D eigenvalue weighted by atomic mass is 9.92. The predicted octanol–water partition coefficient (Wildman–Crippen LogP) is 2.89. The van der Waals surface area contributed by atoms with Crippen LogP contribution in [0.15, 0.2) is 41.1 Å². The summed E-state index contributed by atoms with van der Waals surface area (Å²) in [6.07, 6.45) is 0.369. The maximum absolute atomic E-state index is 12.8. The summed E-state index contributed by atoms with van der Waals surface area (Å²) in [5, 5.41) is 13.4. The Morgan fingerprint density at radius 2 is 2.00 bits per heavy atom. The number of thiophene rings is 1. The molecule has 2 unspecified atom stereocenters. The number of carboxylic acid groups (broad SMARTS) is 1. The molecule has 2 heterocycles. The quantitative estimate of drug-likeness (QED) is 0.947. The Hall–Kier alpha value is -2.14. The van der Waals surface area contributed by atoms with Crippen LogP contribution in [0.25, 0.3) is 0 Å². The van der Waals surface area contributed by atoms with E-state index in [2.05, 4.69) is 0 Å². The molecule has 0 aliphatic carbocycles. The Kier molecular flexibility index (Phi) is 3.98. The predicted molar refractivity (Wildman–Crippen MR) is 84.9 cm³/mol. The minimum atomic E-state index is -0.944. The number of carboxylic acids is 1. The molecule has 0 bridgehead atoms. The Balaban J connectivity index is 1.90. The number of carbonyl (C=O) groups excluding carboxylic acids is 1. The molecule has 0 radical (unpaired) electrons. The second-order valence-electron chi connectivity index (χ2n) is 5.57. The first-order valence-corrected chi connectivity index (χ1v) is 8.14. The molecule has 114 valence electrons. The Bertz CT molecular complexity index is 696. The molecule has 0 fully saturated rings. The highest BCUT2D eigenvalue weighted by Gasteiger charge is 2.36. The zero-order valence-corrected chi connectivity index (χ0v) is 13.0. The van der Waals surface area contributed by atoms with Gasteiger partial charge >= 0.3 is 5.97 Å². The van der Waals surface area contributed by atoms with Crippen molar-refractivity contribution in [1.29, 1.82) is 0 Å². The van der Waals surface area contributed by atoms with Crippen molar-refractivity contribution < 1.29 is 14.7 Å². The van der Waals surface area contributed by atoms with Gasteiger partial charge in [-0.2, -0.15) is 11.3 Å². The molecular weight excluding hydrogens is 298 g/mol. The Morgan fingerprint density at radius 1 is 1.27 bits per heavy atom. The van der Waals surface area contributed by atoms with Crippen LogP contribution in [0.4, 0.5) is 0 Å². The SMILES string of the molecule is CC(C(=O)N1Cc2ccccc2CC1C(=O)O)c1ccsc1. The van der Waals surface area contributed by atoms with Gasteiger partial charge in [0.05, 0.1) is 5.92 Å². The second kappa shape index (κ2) is 5.93. The van der Waals surface area contributed by atoms with Gasteiger partial charge in [-0.15, -0.1) is 0 Å². The molecule has 0 saturated carbocycles. The van der Waals surface area contributed by atoms with Crippen LogP contribution in [-0.2, 0) is 22.6 Å². The summed E-state index contributed by atoms with van der Waals surface area (Å²) in [5.41, 5.74) is 2.99. The molecule has 1 amide bonds. The molecule has 1 aromatic heterocycles. The third-order valence-electron chi connectivity index (χ3n) is 4.23. The van der Waals surface area contributed by atoms with Crippen molar-refractivity contribution in [1.82, 2.24) is 4.90 Å². The molecular formula is C17H17NO3S. The van der Waals surface area contributed by atoms with E-state index in [4.69, 9.17) is 0 Å². The Labute approximate surface area is 133 Å². The molecule has 5 heteroatoms. The third-order valence-corrected chi connectivity index (χ3v) is 4.93. The minimum absolute atomic E-state index is 0.125. The van der Waals surface area contributed by atoms with Crippen LogP contribution >= 0.6 is 11.3 Å². The highest BCUT2D eigenvalue weighted by atomic mass is 32.1. The lowest BCUT2D eigenvalue weighted by Crippen LogP contribution is -2.49. The zero-order chi connectivity index (χ0) is 15.7. The van der Waals surface area contributed by atoms with E-state index in [1.807, 2.05) is 48.0 Å². The fourth-order valence-electron chi connectivity index (χ4n) is 2.89. The average molecular weight is 315 g/mol. The van der Waals surface area contributed by atoms with Gasteiger partial charge in [0.1, 0.15) is 6.04 Å². The highest BCUT2D eigenvalue weighted by molar-refractivity contribution is 7.08. The van der Waals surface area contributed by atoms with Crippen molar-refractivity contribution in [3.63, 3.8) is 0 Å². The van der Waals surface area contributed by atoms with Crippen molar-refractivity contribution in [2.75, 3.05) is 0 Å². The Morgan fingerprint density at radius 3 is 2.64 bits per heavy atom. The molecule has 1 aromatic carbocycles. The van der Waals surface area contributed by atoms with Crippen molar-refractivity contribution >= 4 is 23.2 Å². The van der Waals surface area contributed by atoms with E-state index in [9.17, 15) is 14.7 Å². The van der Waals surface area contributed by atoms with Gasteiger partial charge < -0.3 is 10.0 Å². The molecule has 0 spiro atoms. The van der Waals surface area contributed by atoms with E-state index in [-0.39, 0.29) is 11.8 Å². The average Bonchev–Trinajstić information content (AvgIpc) is 3.06. The van der Waals surface area contributed by atoms with Crippen molar-refractivity contribution in [2.45, 2.75) is 31.8 Å². The van der Waals surface area contributed by atoms with Crippen LogP contribution < -0.4 is 0 Å². The monoisotopic (exact) mass is 315 g/mol. The first-order valence-electron chi connectivity index (χ1n) is 7.20. The van der Waals surface area contributed by atoms with Crippen LogP contribution in [0.1, 0.15) is 29.5 Å². The molecule has 1 aliphatic heterocycles. The fourth-order valence-corrected chi connectivity index (χ4v) is 3.64. The number of aliphatic carboxylic acids is 1. The first-order chi connectivity index (χ1) is 10.6. The number of hydrogen-bond donors (Lipinski definition) is 1. The smallest absolute Gasteiger partial charge is 0.326 e. The van der Waals surface area contributed by atoms with Gasteiger partial charge in [-0.1, -0.05) is 24.3 Å². The molecule has 1 N–H and O–H groups in total. The lowest BCUT2D eigenvalue weighted by molar-refractivity contribution is -0.151. The van der Waals surface area contributed by atoms with Crippen LogP contribution in [0.3, 0.4) is 0 Å². The summed E-state index contributed by atoms with van der Waals surface area (Å²) in [6, 6.07) is 8.86. The van der Waals surface area contributed by atoms with Gasteiger partial charge in [0.15, 0.2) is 0 Å². The van der Waals surface area contributed by atoms with Crippen molar-refractivity contribution in [3.8, 4) is 0 Å². The van der Waals surface area contributed by atoms with E-state index in [0.29, 0.717) is 13.0 Å². The maximum atomic E-state index is 12.8. The first kappa shape index (κ1) is 14.8. The highest BCUT2D eigenvalue weighted by Crippen LogP contribution is 2.28. The topological polar surface area (TPSA) is 57.6 Å². The normalized spacial score (nSPS) is 18.6. The summed E-state index contributed by atoms with van der Waals surface area (Å²) in [6.45, 7) is 2.20. The summed E-state index contributed by atoms with van der Waals surface area (Å²) >= 11 is 1.54. The number of hydrogen-bond acceptors (Lipinski definition) is 3. The van der Waals surface area contributed by atoms with Gasteiger partial charge in [-0.3, -0.25) is 4.79 Å². The molecule has 22 heavy (non-hydrogen) atoms. The van der Waals surface area contributed by atoms with E-state index in [1.54, 1.807) is 11.3 Å². The van der Waals surface area contributed by atoms with E-state index in [0.717, 1.165) is 16.7 Å². The van der Waals surface area contributed by atoms with Crippen molar-refractivity contribution in [2.24, 2.45) is 0 Å². The van der Waals surface area contributed by atoms with Crippen LogP contribution in [0.2, 0.25) is 0 Å². The number of fused-ring (bicyclic) bond motifs is 1. The van der Waals surface area contributed by atoms with Gasteiger partial charge in [0.2, 0.25) is 5.91 Å². The molecule has 1 aliphatic rings. The maximum Gasteiger partial charge on any atom is 0.326 e. The van der Waals surface area contributed by atoms with Crippen LogP contribution in [0, 0.1) is 0 Å². The van der Waals surface area contributed by atoms with Gasteiger partial charge in [-0.05, 0) is 40.4 Å². The molecule has 4 nitrogen and oxygen atoms in total. The number of nitrogens with zero attached hydrogens (tertiary/aromatic N) is 1. The number of carbonyl (C=O) groups is 2. The second-order valence-corrected chi connectivity index (χ2v) is 6.35. The molecule has 0 saturated heterocycles.